The van der Waals surface area contributed by atoms with Gasteiger partial charge in [-0.15, -0.1) is 6.58 Å². The summed E-state index contributed by atoms with van der Waals surface area (Å²) in [5, 5.41) is 64.4. The maximum atomic E-state index is 11.0. The van der Waals surface area contributed by atoms with E-state index in [0.717, 1.165) is 51.4 Å². The van der Waals surface area contributed by atoms with Crippen LogP contribution in [-0.2, 0) is 0 Å². The molecule has 0 bridgehead atoms. The SMILES string of the molecule is C=CC(C)(O)CCC=C(C)CCCC(C)(O)CCCC(C)(O)CCCC(C)(O)CCCC(C)(O)CCCC(C)(O)CCC=C(C)C. The van der Waals surface area contributed by atoms with Crippen molar-refractivity contribution in [3.05, 3.63) is 36.0 Å². The fourth-order valence-electron chi connectivity index (χ4n) is 6.26. The molecule has 0 aliphatic rings. The van der Waals surface area contributed by atoms with Crippen molar-refractivity contribution in [2.75, 3.05) is 0 Å². The Morgan fingerprint density at radius 2 is 0.761 bits per heavy atom. The van der Waals surface area contributed by atoms with Gasteiger partial charge in [0.25, 0.3) is 0 Å². The summed E-state index contributed by atoms with van der Waals surface area (Å²) in [5.41, 5.74) is -2.30. The molecule has 6 nitrogen and oxygen atoms in total. The fourth-order valence-corrected chi connectivity index (χ4v) is 6.26. The van der Waals surface area contributed by atoms with Gasteiger partial charge in [0, 0.05) is 0 Å². The van der Waals surface area contributed by atoms with Crippen LogP contribution in [0.4, 0.5) is 0 Å². The summed E-state index contributed by atoms with van der Waals surface area (Å²) in [6.07, 6.45) is 19.3. The molecule has 0 spiro atoms. The molecule has 6 N–H and O–H groups in total. The molecule has 0 amide bonds. The van der Waals surface area contributed by atoms with E-state index in [1.54, 1.807) is 13.0 Å². The average molecular weight is 653 g/mol. The van der Waals surface area contributed by atoms with Crippen LogP contribution in [0.1, 0.15) is 184 Å². The Balaban J connectivity index is 4.33. The molecule has 6 heteroatoms. The molecule has 0 saturated heterocycles. The van der Waals surface area contributed by atoms with Crippen molar-refractivity contribution in [2.45, 2.75) is 218 Å². The van der Waals surface area contributed by atoms with Gasteiger partial charge in [-0.05, 0) is 184 Å². The minimum absolute atomic E-state index is 0.593. The average Bonchev–Trinajstić information content (AvgIpc) is 2.87. The van der Waals surface area contributed by atoms with Gasteiger partial charge in [0.1, 0.15) is 0 Å². The lowest BCUT2D eigenvalue weighted by Gasteiger charge is -2.30. The highest BCUT2D eigenvalue weighted by Crippen LogP contribution is 2.31. The molecular formula is C40H76O6. The Labute approximate surface area is 284 Å². The third-order valence-corrected chi connectivity index (χ3v) is 9.83. The first kappa shape index (κ1) is 45.0. The Kier molecular flexibility index (Phi) is 20.0. The molecule has 6 atom stereocenters. The van der Waals surface area contributed by atoms with Crippen LogP contribution in [0.5, 0.6) is 0 Å². The minimum atomic E-state index is -0.847. The van der Waals surface area contributed by atoms with Crippen LogP contribution in [0.15, 0.2) is 36.0 Å². The van der Waals surface area contributed by atoms with Crippen molar-refractivity contribution in [2.24, 2.45) is 0 Å². The zero-order valence-electron chi connectivity index (χ0n) is 31.6. The molecule has 0 saturated carbocycles. The molecule has 0 aliphatic heterocycles. The molecule has 0 rings (SSSR count). The molecule has 46 heavy (non-hydrogen) atoms. The summed E-state index contributed by atoms with van der Waals surface area (Å²) in [7, 11) is 0. The Morgan fingerprint density at radius 3 is 1.09 bits per heavy atom. The first-order chi connectivity index (χ1) is 20.9. The standard InChI is InChI=1S/C40H76O6/c1-11-35(5,41)22-13-20-34(4)21-14-24-37(7,43)26-16-28-39(9,45)30-18-32-40(10,46)31-17-29-38(8,44)27-15-25-36(6,42)23-12-19-33(2)3/h11,19-20,41-46H,1,12-18,21-32H2,2-10H3. The van der Waals surface area contributed by atoms with Gasteiger partial charge in [-0.3, -0.25) is 0 Å². The van der Waals surface area contributed by atoms with Crippen LogP contribution in [0.25, 0.3) is 0 Å². The lowest BCUT2D eigenvalue weighted by Crippen LogP contribution is -2.30. The highest BCUT2D eigenvalue weighted by Gasteiger charge is 2.28. The number of aliphatic hydroxyl groups is 6. The summed E-state index contributed by atoms with van der Waals surface area (Å²) in [6, 6.07) is 0. The second-order valence-corrected chi connectivity index (χ2v) is 16.7. The monoisotopic (exact) mass is 653 g/mol. The maximum absolute atomic E-state index is 11.0. The zero-order chi connectivity index (χ0) is 35.7. The van der Waals surface area contributed by atoms with Crippen molar-refractivity contribution in [3.8, 4) is 0 Å². The highest BCUT2D eigenvalue weighted by atomic mass is 16.3. The number of allylic oxidation sites excluding steroid dienone is 4. The van der Waals surface area contributed by atoms with Crippen molar-refractivity contribution in [1.29, 1.82) is 0 Å². The van der Waals surface area contributed by atoms with Crippen LogP contribution < -0.4 is 0 Å². The van der Waals surface area contributed by atoms with Crippen molar-refractivity contribution in [1.82, 2.24) is 0 Å². The van der Waals surface area contributed by atoms with Gasteiger partial charge in [0.15, 0.2) is 0 Å². The van der Waals surface area contributed by atoms with Gasteiger partial charge in [0.05, 0.1) is 33.6 Å². The molecule has 272 valence electrons. The lowest BCUT2D eigenvalue weighted by molar-refractivity contribution is -0.00580. The van der Waals surface area contributed by atoms with E-state index in [1.807, 2.05) is 34.6 Å². The largest absolute Gasteiger partial charge is 0.390 e. The third kappa shape index (κ3) is 25.1. The normalized spacial score (nSPS) is 20.4. The van der Waals surface area contributed by atoms with E-state index in [2.05, 4.69) is 39.5 Å². The summed E-state index contributed by atoms with van der Waals surface area (Å²) in [5.74, 6) is 0. The van der Waals surface area contributed by atoms with Crippen LogP contribution in [0.3, 0.4) is 0 Å². The topological polar surface area (TPSA) is 121 Å². The molecule has 0 heterocycles. The van der Waals surface area contributed by atoms with E-state index in [9.17, 15) is 30.6 Å². The van der Waals surface area contributed by atoms with E-state index >= 15 is 0 Å². The van der Waals surface area contributed by atoms with Crippen molar-refractivity contribution < 1.29 is 30.6 Å². The van der Waals surface area contributed by atoms with Gasteiger partial charge >= 0.3 is 0 Å². The first-order valence-electron chi connectivity index (χ1n) is 18.2. The fraction of sp³-hybridized carbons (Fsp3) is 0.850. The second kappa shape index (κ2) is 20.5. The van der Waals surface area contributed by atoms with Gasteiger partial charge in [-0.25, -0.2) is 0 Å². The molecule has 0 aromatic heterocycles. The van der Waals surface area contributed by atoms with Gasteiger partial charge in [-0.2, -0.15) is 0 Å². The van der Waals surface area contributed by atoms with Gasteiger partial charge < -0.3 is 30.6 Å². The van der Waals surface area contributed by atoms with Gasteiger partial charge in [0.2, 0.25) is 0 Å². The quantitative estimate of drug-likeness (QED) is 0.0493. The predicted octanol–water partition coefficient (Wildman–Crippen LogP) is 9.00. The first-order valence-corrected chi connectivity index (χ1v) is 18.2. The zero-order valence-corrected chi connectivity index (χ0v) is 31.6. The number of rotatable bonds is 27. The second-order valence-electron chi connectivity index (χ2n) is 16.7. The molecular weight excluding hydrogens is 576 g/mol. The van der Waals surface area contributed by atoms with E-state index < -0.39 is 33.6 Å². The van der Waals surface area contributed by atoms with E-state index in [4.69, 9.17) is 0 Å². The van der Waals surface area contributed by atoms with Crippen molar-refractivity contribution >= 4 is 0 Å². The molecule has 0 fully saturated rings. The smallest absolute Gasteiger partial charge is 0.0800 e. The minimum Gasteiger partial charge on any atom is -0.390 e. The van der Waals surface area contributed by atoms with Gasteiger partial charge in [-0.1, -0.05) is 29.4 Å². The number of hydrogen-bond donors (Lipinski definition) is 6. The summed E-state index contributed by atoms with van der Waals surface area (Å²) < 4.78 is 0. The van der Waals surface area contributed by atoms with Crippen LogP contribution in [-0.4, -0.2) is 64.2 Å². The maximum Gasteiger partial charge on any atom is 0.0800 e. The Morgan fingerprint density at radius 1 is 0.457 bits per heavy atom. The summed E-state index contributed by atoms with van der Waals surface area (Å²) in [4.78, 5) is 0. The van der Waals surface area contributed by atoms with Crippen LogP contribution in [0, 0.1) is 0 Å². The summed E-state index contributed by atoms with van der Waals surface area (Å²) in [6.45, 7) is 21.0. The van der Waals surface area contributed by atoms with E-state index in [-0.39, 0.29) is 0 Å². The molecule has 0 radical (unpaired) electrons. The van der Waals surface area contributed by atoms with E-state index in [0.29, 0.717) is 70.6 Å². The van der Waals surface area contributed by atoms with Crippen LogP contribution >= 0.6 is 0 Å². The molecule has 0 aromatic rings. The van der Waals surface area contributed by atoms with E-state index in [1.165, 1.54) is 11.1 Å². The number of hydrogen-bond acceptors (Lipinski definition) is 6. The molecule has 0 aromatic carbocycles. The third-order valence-electron chi connectivity index (χ3n) is 9.83. The molecule has 0 aliphatic carbocycles. The highest BCUT2D eigenvalue weighted by molar-refractivity contribution is 5.01. The predicted molar refractivity (Wildman–Crippen MR) is 195 cm³/mol. The molecule has 6 unspecified atom stereocenters. The Hall–Kier alpha value is -1.02. The van der Waals surface area contributed by atoms with Crippen LogP contribution in [0.2, 0.25) is 0 Å². The summed E-state index contributed by atoms with van der Waals surface area (Å²) >= 11 is 0. The lowest BCUT2D eigenvalue weighted by atomic mass is 9.84. The van der Waals surface area contributed by atoms with Crippen molar-refractivity contribution in [3.63, 3.8) is 0 Å². The Bertz CT molecular complexity index is 903.